The van der Waals surface area contributed by atoms with Crippen molar-refractivity contribution in [2.45, 2.75) is 59.6 Å². The Hall–Kier alpha value is -4.27. The second-order valence-electron chi connectivity index (χ2n) is 11.2. The Bertz CT molecular complexity index is 1520. The molecule has 2 heterocycles. The monoisotopic (exact) mass is 562 g/mol. The summed E-state index contributed by atoms with van der Waals surface area (Å²) in [7, 11) is 3.45. The molecule has 2 aromatic heterocycles. The van der Waals surface area contributed by atoms with Crippen LogP contribution in [-0.2, 0) is 18.3 Å². The molecule has 0 saturated heterocycles. The summed E-state index contributed by atoms with van der Waals surface area (Å²) in [5.41, 5.74) is 6.11. The van der Waals surface area contributed by atoms with Crippen molar-refractivity contribution in [1.29, 1.82) is 0 Å². The number of nitrogens with zero attached hydrogens (tertiary/aromatic N) is 2. The van der Waals surface area contributed by atoms with Gasteiger partial charge in [0.15, 0.2) is 0 Å². The summed E-state index contributed by atoms with van der Waals surface area (Å²) >= 11 is 0. The lowest BCUT2D eigenvalue weighted by atomic mass is 10.1. The molecule has 9 heteroatoms. The molecule has 0 radical (unpaired) electrons. The highest BCUT2D eigenvalue weighted by Gasteiger charge is 2.14. The van der Waals surface area contributed by atoms with E-state index in [9.17, 15) is 9.59 Å². The highest BCUT2D eigenvalue weighted by atomic mass is 16.6. The minimum absolute atomic E-state index is 0.0835. The molecule has 4 aromatic rings. The fourth-order valence-electron chi connectivity index (χ4n) is 4.33. The van der Waals surface area contributed by atoms with Crippen LogP contribution in [0.2, 0.25) is 0 Å². The Morgan fingerprint density at radius 2 is 1.73 bits per heavy atom. The summed E-state index contributed by atoms with van der Waals surface area (Å²) in [6.07, 6.45) is 3.17. The number of fused-ring (bicyclic) bond motifs is 3. The minimum atomic E-state index is -0.725. The first-order valence-corrected chi connectivity index (χ1v) is 13.8. The van der Waals surface area contributed by atoms with Crippen LogP contribution in [0.15, 0.2) is 59.5 Å². The predicted octanol–water partition coefficient (Wildman–Crippen LogP) is 6.40. The summed E-state index contributed by atoms with van der Waals surface area (Å²) in [4.78, 5) is 27.8. The number of methoxy groups -OCH3 is 1. The lowest BCUT2D eigenvalue weighted by Gasteiger charge is -2.16. The predicted molar refractivity (Wildman–Crippen MR) is 165 cm³/mol. The number of hydrogen-bond acceptors (Lipinski definition) is 7. The first-order chi connectivity index (χ1) is 19.4. The maximum atomic E-state index is 13.3. The van der Waals surface area contributed by atoms with Crippen molar-refractivity contribution in [3.63, 3.8) is 0 Å². The highest BCUT2D eigenvalue weighted by Crippen LogP contribution is 2.29. The van der Waals surface area contributed by atoms with E-state index in [1.54, 1.807) is 45.7 Å². The van der Waals surface area contributed by atoms with E-state index in [-0.39, 0.29) is 5.56 Å². The molecule has 0 saturated carbocycles. The van der Waals surface area contributed by atoms with Crippen LogP contribution in [0.5, 0.6) is 11.5 Å². The van der Waals surface area contributed by atoms with Gasteiger partial charge in [-0.2, -0.15) is 0 Å². The van der Waals surface area contributed by atoms with Crippen LogP contribution in [0.1, 0.15) is 53.0 Å². The zero-order valence-corrected chi connectivity index (χ0v) is 25.1. The molecule has 0 aliphatic carbocycles. The van der Waals surface area contributed by atoms with Gasteiger partial charge in [-0.1, -0.05) is 26.0 Å². The lowest BCUT2D eigenvalue weighted by Crippen LogP contribution is -2.27. The number of benzene rings is 2. The minimum Gasteiger partial charge on any atom is -0.497 e. The first kappa shape index (κ1) is 31.3. The average Bonchev–Trinajstić information content (AvgIpc) is 2.92. The summed E-state index contributed by atoms with van der Waals surface area (Å²) in [6.45, 7) is 10.9. The van der Waals surface area contributed by atoms with Gasteiger partial charge in [-0.15, -0.1) is 0 Å². The van der Waals surface area contributed by atoms with E-state index in [2.05, 4.69) is 28.9 Å². The molecule has 41 heavy (non-hydrogen) atoms. The number of primary amides is 1. The summed E-state index contributed by atoms with van der Waals surface area (Å²) < 4.78 is 17.4. The molecular weight excluding hydrogens is 520 g/mol. The quantitative estimate of drug-likeness (QED) is 0.179. The van der Waals surface area contributed by atoms with E-state index in [4.69, 9.17) is 15.2 Å². The third-order valence-corrected chi connectivity index (χ3v) is 6.31. The third-order valence-electron chi connectivity index (χ3n) is 6.31. The van der Waals surface area contributed by atoms with Gasteiger partial charge >= 0.3 is 6.09 Å². The Balaban J connectivity index is 0.000000507. The molecule has 220 valence electrons. The first-order valence-electron chi connectivity index (χ1n) is 13.8. The molecule has 9 nitrogen and oxygen atoms in total. The average molecular weight is 563 g/mol. The van der Waals surface area contributed by atoms with Crippen LogP contribution in [-0.4, -0.2) is 35.0 Å². The van der Waals surface area contributed by atoms with Crippen LogP contribution in [0.4, 0.5) is 10.6 Å². The Labute approximate surface area is 241 Å². The molecule has 0 aliphatic rings. The van der Waals surface area contributed by atoms with Gasteiger partial charge in [-0.3, -0.25) is 4.79 Å². The number of aromatic nitrogens is 2. The molecule has 1 amide bonds. The van der Waals surface area contributed by atoms with Crippen molar-refractivity contribution in [3.05, 3.63) is 70.6 Å². The standard InChI is InChI=1S/C27H31N3O3.C5H11NO2/c1-18(2)6-5-15-33-21-11-12-22-23-13-14-28-26(25(23)27(31)30(3)24(22)16-21)29-17-19-7-9-20(32-4)10-8-19;1-5(2,3)8-4(6)7/h7-14,16,18H,5-6,15,17H2,1-4H3,(H,28,29);1-3H3,(H2,6,7). The SMILES string of the molecule is CC(C)(C)OC(N)=O.COc1ccc(CNc2nccc3c2c(=O)n(C)c2cc(OCCCC(C)C)ccc32)cc1. The number of ether oxygens (including phenoxy) is 3. The Morgan fingerprint density at radius 1 is 1.05 bits per heavy atom. The fraction of sp³-hybridized carbons (Fsp3) is 0.406. The number of nitrogens with two attached hydrogens (primary N) is 1. The molecule has 0 atom stereocenters. The van der Waals surface area contributed by atoms with E-state index in [0.717, 1.165) is 46.2 Å². The van der Waals surface area contributed by atoms with Gasteiger partial charge in [0.25, 0.3) is 5.56 Å². The molecule has 0 bridgehead atoms. The lowest BCUT2D eigenvalue weighted by molar-refractivity contribution is 0.0600. The van der Waals surface area contributed by atoms with E-state index in [1.807, 2.05) is 48.5 Å². The molecular formula is C32H42N4O5. The fourth-order valence-corrected chi connectivity index (χ4v) is 4.33. The van der Waals surface area contributed by atoms with Gasteiger partial charge in [0.05, 0.1) is 24.6 Å². The maximum absolute atomic E-state index is 13.3. The van der Waals surface area contributed by atoms with Crippen molar-refractivity contribution in [2.75, 3.05) is 19.0 Å². The van der Waals surface area contributed by atoms with E-state index in [0.29, 0.717) is 30.3 Å². The summed E-state index contributed by atoms with van der Waals surface area (Å²) in [5.74, 6) is 2.84. The number of pyridine rings is 2. The molecule has 0 spiro atoms. The summed E-state index contributed by atoms with van der Waals surface area (Å²) in [6, 6.07) is 15.7. The number of nitrogens with one attached hydrogen (secondary N) is 1. The van der Waals surface area contributed by atoms with Crippen LogP contribution in [0.25, 0.3) is 21.7 Å². The summed E-state index contributed by atoms with van der Waals surface area (Å²) in [5, 5.41) is 5.81. The van der Waals surface area contributed by atoms with Gasteiger partial charge in [0.1, 0.15) is 22.9 Å². The second kappa shape index (κ2) is 13.9. The van der Waals surface area contributed by atoms with Crippen LogP contribution < -0.4 is 26.1 Å². The largest absolute Gasteiger partial charge is 0.497 e. The van der Waals surface area contributed by atoms with Crippen molar-refractivity contribution in [3.8, 4) is 11.5 Å². The Kier molecular flexibility index (Phi) is 10.6. The topological polar surface area (TPSA) is 118 Å². The van der Waals surface area contributed by atoms with Crippen molar-refractivity contribution >= 4 is 33.6 Å². The van der Waals surface area contributed by atoms with Crippen molar-refractivity contribution in [2.24, 2.45) is 18.7 Å². The van der Waals surface area contributed by atoms with Crippen LogP contribution in [0.3, 0.4) is 0 Å². The van der Waals surface area contributed by atoms with Gasteiger partial charge in [-0.05, 0) is 75.4 Å². The second-order valence-corrected chi connectivity index (χ2v) is 11.2. The number of hydrogen-bond donors (Lipinski definition) is 2. The van der Waals surface area contributed by atoms with E-state index >= 15 is 0 Å². The third kappa shape index (κ3) is 8.86. The van der Waals surface area contributed by atoms with Crippen molar-refractivity contribution < 1.29 is 19.0 Å². The number of amides is 1. The van der Waals surface area contributed by atoms with Gasteiger partial charge < -0.3 is 29.8 Å². The van der Waals surface area contributed by atoms with Gasteiger partial charge in [0, 0.05) is 36.6 Å². The molecule has 2 aromatic carbocycles. The molecule has 0 aliphatic heterocycles. The molecule has 3 N–H and O–H groups in total. The van der Waals surface area contributed by atoms with Crippen molar-refractivity contribution in [1.82, 2.24) is 9.55 Å². The number of aryl methyl sites for hydroxylation is 1. The number of carbonyl (C=O) groups excluding carboxylic acids is 1. The van der Waals surface area contributed by atoms with Crippen LogP contribution >= 0.6 is 0 Å². The molecule has 0 unspecified atom stereocenters. The zero-order chi connectivity index (χ0) is 30.2. The van der Waals surface area contributed by atoms with Gasteiger partial charge in [0.2, 0.25) is 0 Å². The smallest absolute Gasteiger partial charge is 0.405 e. The number of carbonyl (C=O) groups is 1. The van der Waals surface area contributed by atoms with Gasteiger partial charge in [-0.25, -0.2) is 9.78 Å². The van der Waals surface area contributed by atoms with E-state index < -0.39 is 11.7 Å². The normalized spacial score (nSPS) is 11.2. The van der Waals surface area contributed by atoms with Crippen LogP contribution in [0, 0.1) is 5.92 Å². The number of rotatable bonds is 9. The van der Waals surface area contributed by atoms with E-state index in [1.165, 1.54) is 0 Å². The Morgan fingerprint density at radius 3 is 2.32 bits per heavy atom. The zero-order valence-electron chi connectivity index (χ0n) is 25.1. The maximum Gasteiger partial charge on any atom is 0.405 e. The number of anilines is 1. The molecule has 0 fully saturated rings. The highest BCUT2D eigenvalue weighted by molar-refractivity contribution is 6.09. The molecule has 4 rings (SSSR count).